The monoisotopic (exact) mass is 360 g/mol. The van der Waals surface area contributed by atoms with E-state index < -0.39 is 0 Å². The van der Waals surface area contributed by atoms with Crippen molar-refractivity contribution in [3.8, 4) is 11.3 Å². The van der Waals surface area contributed by atoms with Gasteiger partial charge >= 0.3 is 0 Å². The van der Waals surface area contributed by atoms with Crippen LogP contribution < -0.4 is 10.6 Å². The van der Waals surface area contributed by atoms with E-state index in [1.807, 2.05) is 48.5 Å². The zero-order valence-electron chi connectivity index (χ0n) is 14.9. The molecule has 0 amide bonds. The third kappa shape index (κ3) is 4.04. The summed E-state index contributed by atoms with van der Waals surface area (Å²) in [6.45, 7) is 1.41. The van der Waals surface area contributed by atoms with E-state index >= 15 is 0 Å². The number of aromatic amines is 1. The average Bonchev–Trinajstić information content (AvgIpc) is 3.17. The standard InChI is InChI=1S/C20H20N6O/c1-27-10-9-21-15-3-2-4-16(12-15)25-20-22-8-7-17(26-20)14-5-6-18-19(11-14)24-13-23-18/h2-8,11-13,21H,9-10H2,1H3,(H,23,24)(H,22,25,26). The molecule has 0 atom stereocenters. The van der Waals surface area contributed by atoms with Gasteiger partial charge in [-0.2, -0.15) is 0 Å². The SMILES string of the molecule is COCCNc1cccc(Nc2nccc(-c3ccc4[nH]cnc4c3)n2)c1. The first kappa shape index (κ1) is 17.0. The molecule has 0 aliphatic rings. The molecule has 0 saturated carbocycles. The Labute approximate surface area is 156 Å². The van der Waals surface area contributed by atoms with E-state index in [-0.39, 0.29) is 0 Å². The summed E-state index contributed by atoms with van der Waals surface area (Å²) in [5.74, 6) is 0.545. The second-order valence-electron chi connectivity index (χ2n) is 6.03. The zero-order valence-corrected chi connectivity index (χ0v) is 14.9. The van der Waals surface area contributed by atoms with Crippen molar-refractivity contribution in [1.82, 2.24) is 19.9 Å². The predicted octanol–water partition coefficient (Wildman–Crippen LogP) is 3.82. The van der Waals surface area contributed by atoms with Gasteiger partial charge < -0.3 is 20.4 Å². The van der Waals surface area contributed by atoms with E-state index in [4.69, 9.17) is 4.74 Å². The number of fused-ring (bicyclic) bond motifs is 1. The Bertz CT molecular complexity index is 1050. The Morgan fingerprint density at radius 2 is 1.96 bits per heavy atom. The number of methoxy groups -OCH3 is 1. The number of aromatic nitrogens is 4. The fraction of sp³-hybridized carbons (Fsp3) is 0.150. The van der Waals surface area contributed by atoms with Gasteiger partial charge in [-0.25, -0.2) is 15.0 Å². The Hall–Kier alpha value is -3.45. The number of hydrogen-bond donors (Lipinski definition) is 3. The molecule has 0 fully saturated rings. The number of ether oxygens (including phenoxy) is 1. The molecular weight excluding hydrogens is 340 g/mol. The van der Waals surface area contributed by atoms with Gasteiger partial charge in [0.05, 0.1) is 29.7 Å². The first-order chi connectivity index (χ1) is 13.3. The minimum atomic E-state index is 0.545. The lowest BCUT2D eigenvalue weighted by atomic mass is 10.1. The van der Waals surface area contributed by atoms with Crippen LogP contribution in [0.5, 0.6) is 0 Å². The highest BCUT2D eigenvalue weighted by Gasteiger charge is 2.05. The third-order valence-electron chi connectivity index (χ3n) is 4.13. The van der Waals surface area contributed by atoms with E-state index in [1.54, 1.807) is 19.6 Å². The number of anilines is 3. The Morgan fingerprint density at radius 3 is 2.89 bits per heavy atom. The van der Waals surface area contributed by atoms with Crippen molar-refractivity contribution in [1.29, 1.82) is 0 Å². The highest BCUT2D eigenvalue weighted by Crippen LogP contribution is 2.23. The number of hydrogen-bond acceptors (Lipinski definition) is 6. The van der Waals surface area contributed by atoms with Crippen molar-refractivity contribution in [3.05, 3.63) is 61.1 Å². The second-order valence-corrected chi connectivity index (χ2v) is 6.03. The maximum atomic E-state index is 5.06. The van der Waals surface area contributed by atoms with Crippen LogP contribution in [0, 0.1) is 0 Å². The highest BCUT2D eigenvalue weighted by atomic mass is 16.5. The summed E-state index contributed by atoms with van der Waals surface area (Å²) < 4.78 is 5.06. The highest BCUT2D eigenvalue weighted by molar-refractivity contribution is 5.80. The van der Waals surface area contributed by atoms with E-state index in [9.17, 15) is 0 Å². The average molecular weight is 360 g/mol. The van der Waals surface area contributed by atoms with Crippen LogP contribution in [-0.4, -0.2) is 40.2 Å². The number of imidazole rings is 1. The van der Waals surface area contributed by atoms with Crippen LogP contribution in [0.2, 0.25) is 0 Å². The molecule has 2 aromatic carbocycles. The molecule has 7 heteroatoms. The molecule has 0 bridgehead atoms. The van der Waals surface area contributed by atoms with E-state index in [1.165, 1.54) is 0 Å². The van der Waals surface area contributed by atoms with Gasteiger partial charge in [0.1, 0.15) is 0 Å². The van der Waals surface area contributed by atoms with Crippen molar-refractivity contribution in [2.75, 3.05) is 30.9 Å². The topological polar surface area (TPSA) is 87.8 Å². The van der Waals surface area contributed by atoms with Crippen molar-refractivity contribution < 1.29 is 4.74 Å². The summed E-state index contributed by atoms with van der Waals surface area (Å²) in [4.78, 5) is 16.4. The summed E-state index contributed by atoms with van der Waals surface area (Å²) in [5, 5.41) is 6.57. The Kier molecular flexibility index (Phi) is 4.93. The maximum absolute atomic E-state index is 5.06. The Morgan fingerprint density at radius 1 is 1.04 bits per heavy atom. The quantitative estimate of drug-likeness (QED) is 0.434. The molecule has 27 heavy (non-hydrogen) atoms. The molecule has 0 aliphatic carbocycles. The largest absolute Gasteiger partial charge is 0.383 e. The lowest BCUT2D eigenvalue weighted by Gasteiger charge is -2.10. The smallest absolute Gasteiger partial charge is 0.227 e. The fourth-order valence-electron chi connectivity index (χ4n) is 2.80. The number of nitrogens with one attached hydrogen (secondary N) is 3. The molecular formula is C20H20N6O. The van der Waals surface area contributed by atoms with Gasteiger partial charge in [-0.05, 0) is 36.4 Å². The van der Waals surface area contributed by atoms with E-state index in [2.05, 4.69) is 30.6 Å². The number of benzene rings is 2. The van der Waals surface area contributed by atoms with Crippen LogP contribution in [0.4, 0.5) is 17.3 Å². The zero-order chi connectivity index (χ0) is 18.5. The van der Waals surface area contributed by atoms with Crippen LogP contribution in [0.25, 0.3) is 22.3 Å². The summed E-state index contributed by atoms with van der Waals surface area (Å²) in [6.07, 6.45) is 3.44. The maximum Gasteiger partial charge on any atom is 0.227 e. The summed E-state index contributed by atoms with van der Waals surface area (Å²) in [6, 6.07) is 15.9. The molecule has 7 nitrogen and oxygen atoms in total. The summed E-state index contributed by atoms with van der Waals surface area (Å²) in [7, 11) is 1.69. The lowest BCUT2D eigenvalue weighted by Crippen LogP contribution is -2.07. The van der Waals surface area contributed by atoms with Gasteiger partial charge in [0, 0.05) is 36.8 Å². The molecule has 0 saturated heterocycles. The molecule has 0 spiro atoms. The van der Waals surface area contributed by atoms with Gasteiger partial charge in [0.25, 0.3) is 0 Å². The van der Waals surface area contributed by atoms with Gasteiger partial charge in [0.15, 0.2) is 0 Å². The third-order valence-corrected chi connectivity index (χ3v) is 4.13. The minimum Gasteiger partial charge on any atom is -0.383 e. The number of rotatable bonds is 7. The fourth-order valence-corrected chi connectivity index (χ4v) is 2.80. The summed E-state index contributed by atoms with van der Waals surface area (Å²) >= 11 is 0. The van der Waals surface area contributed by atoms with Crippen molar-refractivity contribution in [2.24, 2.45) is 0 Å². The summed E-state index contributed by atoms with van der Waals surface area (Å²) in [5.41, 5.74) is 5.68. The van der Waals surface area contributed by atoms with Crippen LogP contribution in [0.15, 0.2) is 61.1 Å². The molecule has 0 aliphatic heterocycles. The van der Waals surface area contributed by atoms with Gasteiger partial charge in [-0.3, -0.25) is 0 Å². The molecule has 2 heterocycles. The predicted molar refractivity (Wildman–Crippen MR) is 107 cm³/mol. The molecule has 3 N–H and O–H groups in total. The van der Waals surface area contributed by atoms with Crippen molar-refractivity contribution in [2.45, 2.75) is 0 Å². The second kappa shape index (κ2) is 7.84. The van der Waals surface area contributed by atoms with Crippen LogP contribution >= 0.6 is 0 Å². The molecule has 2 aromatic heterocycles. The molecule has 136 valence electrons. The van der Waals surface area contributed by atoms with E-state index in [0.717, 1.165) is 40.2 Å². The first-order valence-electron chi connectivity index (χ1n) is 8.68. The molecule has 4 rings (SSSR count). The minimum absolute atomic E-state index is 0.545. The lowest BCUT2D eigenvalue weighted by molar-refractivity contribution is 0.211. The van der Waals surface area contributed by atoms with Gasteiger partial charge in [-0.15, -0.1) is 0 Å². The number of nitrogens with zero attached hydrogens (tertiary/aromatic N) is 3. The van der Waals surface area contributed by atoms with E-state index in [0.29, 0.717) is 12.6 Å². The molecule has 0 radical (unpaired) electrons. The first-order valence-corrected chi connectivity index (χ1v) is 8.68. The van der Waals surface area contributed by atoms with Gasteiger partial charge in [0.2, 0.25) is 5.95 Å². The number of H-pyrrole nitrogens is 1. The Balaban J connectivity index is 1.53. The van der Waals surface area contributed by atoms with Crippen LogP contribution in [0.1, 0.15) is 0 Å². The van der Waals surface area contributed by atoms with Crippen LogP contribution in [-0.2, 0) is 4.74 Å². The molecule has 4 aromatic rings. The van der Waals surface area contributed by atoms with Crippen molar-refractivity contribution in [3.63, 3.8) is 0 Å². The molecule has 0 unspecified atom stereocenters. The normalized spacial score (nSPS) is 10.9. The van der Waals surface area contributed by atoms with Crippen molar-refractivity contribution >= 4 is 28.4 Å². The van der Waals surface area contributed by atoms with Crippen LogP contribution in [0.3, 0.4) is 0 Å². The van der Waals surface area contributed by atoms with Gasteiger partial charge in [-0.1, -0.05) is 12.1 Å².